The predicted molar refractivity (Wildman–Crippen MR) is 90.3 cm³/mol. The van der Waals surface area contributed by atoms with Crippen LogP contribution in [0.1, 0.15) is 24.8 Å². The lowest BCUT2D eigenvalue weighted by Gasteiger charge is -2.33. The van der Waals surface area contributed by atoms with Gasteiger partial charge in [-0.05, 0) is 18.4 Å². The molecule has 2 saturated heterocycles. The predicted octanol–water partition coefficient (Wildman–Crippen LogP) is 2.43. The van der Waals surface area contributed by atoms with Crippen LogP contribution >= 0.6 is 0 Å². The number of amides is 1. The van der Waals surface area contributed by atoms with E-state index in [4.69, 9.17) is 4.74 Å². The molecule has 0 unspecified atom stereocenters. The molecule has 128 valence electrons. The number of allylic oxidation sites excluding steroid dienone is 1. The summed E-state index contributed by atoms with van der Waals surface area (Å²) in [6.45, 7) is 1.71. The van der Waals surface area contributed by atoms with Crippen molar-refractivity contribution in [1.29, 1.82) is 0 Å². The van der Waals surface area contributed by atoms with E-state index in [0.717, 1.165) is 5.56 Å². The number of hydrogen-bond acceptors (Lipinski definition) is 3. The number of benzene rings is 1. The summed E-state index contributed by atoms with van der Waals surface area (Å²) in [7, 11) is 0. The molecule has 24 heavy (non-hydrogen) atoms. The van der Waals surface area contributed by atoms with Gasteiger partial charge in [-0.15, -0.1) is 0 Å². The lowest BCUT2D eigenvalue weighted by molar-refractivity contribution is -0.157. The van der Waals surface area contributed by atoms with Crippen molar-refractivity contribution in [1.82, 2.24) is 4.90 Å². The van der Waals surface area contributed by atoms with Gasteiger partial charge in [0, 0.05) is 32.0 Å². The molecule has 2 fully saturated rings. The summed E-state index contributed by atoms with van der Waals surface area (Å²) in [6.07, 6.45) is 5.55. The zero-order valence-electron chi connectivity index (χ0n) is 13.7. The van der Waals surface area contributed by atoms with E-state index in [9.17, 15) is 14.7 Å². The van der Waals surface area contributed by atoms with Crippen molar-refractivity contribution in [2.24, 2.45) is 11.3 Å². The molecular formula is C19H23NO4. The summed E-state index contributed by atoms with van der Waals surface area (Å²) in [5.41, 5.74) is 0.299. The van der Waals surface area contributed by atoms with E-state index < -0.39 is 11.4 Å². The molecule has 2 aliphatic rings. The van der Waals surface area contributed by atoms with Crippen LogP contribution < -0.4 is 0 Å². The van der Waals surface area contributed by atoms with E-state index >= 15 is 0 Å². The minimum Gasteiger partial charge on any atom is -0.481 e. The molecular weight excluding hydrogens is 306 g/mol. The summed E-state index contributed by atoms with van der Waals surface area (Å²) in [6, 6.07) is 9.95. The van der Waals surface area contributed by atoms with Crippen LogP contribution in [0.3, 0.4) is 0 Å². The Balaban J connectivity index is 1.54. The smallest absolute Gasteiger partial charge is 0.311 e. The number of rotatable bonds is 5. The Hall–Kier alpha value is -2.14. The molecule has 1 aromatic rings. The Morgan fingerprint density at radius 2 is 2.12 bits per heavy atom. The van der Waals surface area contributed by atoms with Crippen LogP contribution in [0.4, 0.5) is 0 Å². The van der Waals surface area contributed by atoms with Crippen LogP contribution in [0.25, 0.3) is 6.08 Å². The van der Waals surface area contributed by atoms with Crippen molar-refractivity contribution in [3.63, 3.8) is 0 Å². The number of aliphatic carboxylic acids is 1. The maximum atomic E-state index is 12.4. The fourth-order valence-corrected chi connectivity index (χ4v) is 3.64. The quantitative estimate of drug-likeness (QED) is 0.901. The highest BCUT2D eigenvalue weighted by Gasteiger charge is 2.54. The second-order valence-corrected chi connectivity index (χ2v) is 6.61. The fraction of sp³-hybridized carbons (Fsp3) is 0.474. The SMILES string of the molecule is O=C(CC/C=C/c1ccccc1)N1C[C@H]2COCC[C@@]2(C(=O)O)C1. The van der Waals surface area contributed by atoms with E-state index in [2.05, 4.69) is 0 Å². The number of hydrogen-bond donors (Lipinski definition) is 1. The number of carboxylic acids is 1. The number of nitrogens with zero attached hydrogens (tertiary/aromatic N) is 1. The second kappa shape index (κ2) is 7.18. The molecule has 0 bridgehead atoms. The standard InChI is InChI=1S/C19H23NO4/c21-17(9-5-4-8-15-6-2-1-3-7-15)20-12-16-13-24-11-10-19(16,14-20)18(22)23/h1-4,6-8,16H,5,9-14H2,(H,22,23)/b8-4+/t16-,19+/m0/s1. The van der Waals surface area contributed by atoms with Gasteiger partial charge in [-0.2, -0.15) is 0 Å². The van der Waals surface area contributed by atoms with E-state index in [-0.39, 0.29) is 11.8 Å². The Morgan fingerprint density at radius 3 is 2.83 bits per heavy atom. The molecule has 1 amide bonds. The Bertz CT molecular complexity index is 628. The third kappa shape index (κ3) is 3.36. The van der Waals surface area contributed by atoms with Crippen molar-refractivity contribution >= 4 is 18.0 Å². The highest BCUT2D eigenvalue weighted by atomic mass is 16.5. The summed E-state index contributed by atoms with van der Waals surface area (Å²) < 4.78 is 5.42. The Kier molecular flexibility index (Phi) is 5.00. The van der Waals surface area contributed by atoms with Crippen LogP contribution in [0, 0.1) is 11.3 Å². The van der Waals surface area contributed by atoms with Gasteiger partial charge in [0.05, 0.1) is 12.0 Å². The van der Waals surface area contributed by atoms with Gasteiger partial charge >= 0.3 is 5.97 Å². The molecule has 1 aromatic carbocycles. The summed E-state index contributed by atoms with van der Waals surface area (Å²) >= 11 is 0. The number of carboxylic acid groups (broad SMARTS) is 1. The third-order valence-corrected chi connectivity index (χ3v) is 5.12. The van der Waals surface area contributed by atoms with E-state index in [0.29, 0.717) is 45.6 Å². The number of carbonyl (C=O) groups is 2. The van der Waals surface area contributed by atoms with Crippen LogP contribution in [0.15, 0.2) is 36.4 Å². The molecule has 1 N–H and O–H groups in total. The summed E-state index contributed by atoms with van der Waals surface area (Å²) in [5, 5.41) is 9.63. The summed E-state index contributed by atoms with van der Waals surface area (Å²) in [4.78, 5) is 25.9. The molecule has 0 aromatic heterocycles. The van der Waals surface area contributed by atoms with E-state index in [1.807, 2.05) is 42.5 Å². The molecule has 2 atom stereocenters. The van der Waals surface area contributed by atoms with E-state index in [1.165, 1.54) is 0 Å². The van der Waals surface area contributed by atoms with Crippen LogP contribution in [0.5, 0.6) is 0 Å². The maximum Gasteiger partial charge on any atom is 0.311 e. The zero-order valence-corrected chi connectivity index (χ0v) is 13.7. The molecule has 0 radical (unpaired) electrons. The van der Waals surface area contributed by atoms with Crippen LogP contribution in [-0.2, 0) is 14.3 Å². The first-order valence-corrected chi connectivity index (χ1v) is 8.42. The Labute approximate surface area is 141 Å². The van der Waals surface area contributed by atoms with Gasteiger partial charge in [-0.25, -0.2) is 0 Å². The molecule has 3 rings (SSSR count). The van der Waals surface area contributed by atoms with Crippen molar-refractivity contribution in [3.8, 4) is 0 Å². The number of carbonyl (C=O) groups excluding carboxylic acids is 1. The topological polar surface area (TPSA) is 66.8 Å². The highest BCUT2D eigenvalue weighted by Crippen LogP contribution is 2.42. The highest BCUT2D eigenvalue weighted by molar-refractivity contribution is 5.81. The van der Waals surface area contributed by atoms with Gasteiger partial charge in [-0.1, -0.05) is 42.5 Å². The van der Waals surface area contributed by atoms with Gasteiger partial charge in [0.1, 0.15) is 0 Å². The molecule has 5 heteroatoms. The first-order chi connectivity index (χ1) is 11.6. The number of fused-ring (bicyclic) bond motifs is 1. The lowest BCUT2D eigenvalue weighted by atomic mass is 9.74. The Morgan fingerprint density at radius 1 is 1.33 bits per heavy atom. The monoisotopic (exact) mass is 329 g/mol. The van der Waals surface area contributed by atoms with Gasteiger partial charge in [-0.3, -0.25) is 9.59 Å². The summed E-state index contributed by atoms with van der Waals surface area (Å²) in [5.74, 6) is -0.856. The van der Waals surface area contributed by atoms with Gasteiger partial charge < -0.3 is 14.7 Å². The lowest BCUT2D eigenvalue weighted by Crippen LogP contribution is -2.45. The third-order valence-electron chi connectivity index (χ3n) is 5.12. The molecule has 0 spiro atoms. The minimum atomic E-state index is -0.812. The average Bonchev–Trinajstić information content (AvgIpc) is 3.01. The van der Waals surface area contributed by atoms with Crippen molar-refractivity contribution in [3.05, 3.63) is 42.0 Å². The molecule has 2 heterocycles. The number of ether oxygens (including phenoxy) is 1. The van der Waals surface area contributed by atoms with Gasteiger partial charge in [0.15, 0.2) is 0 Å². The van der Waals surface area contributed by atoms with Crippen molar-refractivity contribution in [2.45, 2.75) is 19.3 Å². The average molecular weight is 329 g/mol. The molecule has 0 aliphatic carbocycles. The second-order valence-electron chi connectivity index (χ2n) is 6.61. The zero-order chi connectivity index (χ0) is 17.0. The first kappa shape index (κ1) is 16.7. The van der Waals surface area contributed by atoms with E-state index in [1.54, 1.807) is 4.90 Å². The maximum absolute atomic E-state index is 12.4. The van der Waals surface area contributed by atoms with Crippen LogP contribution in [0.2, 0.25) is 0 Å². The molecule has 0 saturated carbocycles. The molecule has 2 aliphatic heterocycles. The van der Waals surface area contributed by atoms with Gasteiger partial charge in [0.25, 0.3) is 0 Å². The van der Waals surface area contributed by atoms with Crippen molar-refractivity contribution in [2.75, 3.05) is 26.3 Å². The van der Waals surface area contributed by atoms with Crippen LogP contribution in [-0.4, -0.2) is 48.2 Å². The normalized spacial score (nSPS) is 26.5. The number of likely N-dealkylation sites (tertiary alicyclic amines) is 1. The minimum absolute atomic E-state index is 0.0303. The largest absolute Gasteiger partial charge is 0.481 e. The van der Waals surface area contributed by atoms with Gasteiger partial charge in [0.2, 0.25) is 5.91 Å². The molecule has 5 nitrogen and oxygen atoms in total. The fourth-order valence-electron chi connectivity index (χ4n) is 3.64. The van der Waals surface area contributed by atoms with Crippen molar-refractivity contribution < 1.29 is 19.4 Å². The first-order valence-electron chi connectivity index (χ1n) is 8.42.